The van der Waals surface area contributed by atoms with Crippen LogP contribution in [0.15, 0.2) is 53.7 Å². The number of nitrogens with two attached hydrogens (primary N) is 1. The predicted molar refractivity (Wildman–Crippen MR) is 150 cm³/mol. The van der Waals surface area contributed by atoms with Crippen molar-refractivity contribution in [2.75, 3.05) is 32.8 Å². The SMILES string of the molecule is Cc1nc(-c2ccc(OCCCCCOc3ccc(C(N)=NO)cc3)cc2)c(CCN2CCCCC2)s1. The summed E-state index contributed by atoms with van der Waals surface area (Å²) in [5.74, 6) is 1.76. The summed E-state index contributed by atoms with van der Waals surface area (Å²) in [5, 5.41) is 12.8. The van der Waals surface area contributed by atoms with Gasteiger partial charge in [-0.2, -0.15) is 0 Å². The molecule has 1 saturated heterocycles. The average Bonchev–Trinajstić information content (AvgIpc) is 3.32. The van der Waals surface area contributed by atoms with Crippen molar-refractivity contribution in [2.24, 2.45) is 10.9 Å². The van der Waals surface area contributed by atoms with E-state index in [9.17, 15) is 0 Å². The average molecular weight is 523 g/mol. The van der Waals surface area contributed by atoms with Gasteiger partial charge in [0.15, 0.2) is 5.84 Å². The van der Waals surface area contributed by atoms with Gasteiger partial charge in [-0.3, -0.25) is 0 Å². The molecule has 4 rings (SSSR count). The zero-order valence-corrected chi connectivity index (χ0v) is 22.5. The molecule has 37 heavy (non-hydrogen) atoms. The second kappa shape index (κ2) is 14.0. The smallest absolute Gasteiger partial charge is 0.170 e. The number of aromatic nitrogens is 1. The number of amidine groups is 1. The maximum Gasteiger partial charge on any atom is 0.170 e. The molecule has 0 unspecified atom stereocenters. The molecule has 1 aliphatic heterocycles. The molecule has 1 aromatic heterocycles. The van der Waals surface area contributed by atoms with E-state index in [1.165, 1.54) is 42.8 Å². The third-order valence-corrected chi connectivity index (χ3v) is 7.65. The van der Waals surface area contributed by atoms with Crippen LogP contribution < -0.4 is 15.2 Å². The second-order valence-corrected chi connectivity index (χ2v) is 10.7. The van der Waals surface area contributed by atoms with E-state index in [1.807, 2.05) is 23.5 Å². The largest absolute Gasteiger partial charge is 0.494 e. The second-order valence-electron chi connectivity index (χ2n) is 9.45. The lowest BCUT2D eigenvalue weighted by Crippen LogP contribution is -2.31. The number of rotatable bonds is 13. The van der Waals surface area contributed by atoms with Gasteiger partial charge in [0.1, 0.15) is 11.5 Å². The van der Waals surface area contributed by atoms with E-state index in [0.717, 1.165) is 54.4 Å². The standard InChI is InChI=1S/C29H38N4O3S/c1-22-31-28(27(37-22)16-19-33-17-4-2-5-18-33)23-8-12-25(13-9-23)35-20-6-3-7-21-36-26-14-10-24(11-15-26)29(30)32-34/h8-15,34H,2-7,16-21H2,1H3,(H2,30,32). The molecule has 3 N–H and O–H groups in total. The minimum absolute atomic E-state index is 0.0902. The molecular weight excluding hydrogens is 484 g/mol. The normalized spacial score (nSPS) is 14.6. The van der Waals surface area contributed by atoms with E-state index in [-0.39, 0.29) is 5.84 Å². The molecule has 0 aliphatic carbocycles. The molecule has 2 aromatic carbocycles. The predicted octanol–water partition coefficient (Wildman–Crippen LogP) is 5.87. The number of hydrogen-bond donors (Lipinski definition) is 2. The van der Waals surface area contributed by atoms with E-state index >= 15 is 0 Å². The van der Waals surface area contributed by atoms with E-state index in [0.29, 0.717) is 18.8 Å². The number of nitrogens with zero attached hydrogens (tertiary/aromatic N) is 3. The molecule has 0 spiro atoms. The van der Waals surface area contributed by atoms with Crippen LogP contribution in [0.1, 0.15) is 54.0 Å². The van der Waals surface area contributed by atoms with Crippen molar-refractivity contribution in [3.8, 4) is 22.8 Å². The number of likely N-dealkylation sites (tertiary alicyclic amines) is 1. The third kappa shape index (κ3) is 8.20. The Hall–Kier alpha value is -3.10. The lowest BCUT2D eigenvalue weighted by Gasteiger charge is -2.26. The quantitative estimate of drug-likeness (QED) is 0.0959. The van der Waals surface area contributed by atoms with Crippen molar-refractivity contribution in [3.63, 3.8) is 0 Å². The van der Waals surface area contributed by atoms with Crippen molar-refractivity contribution in [1.29, 1.82) is 0 Å². The lowest BCUT2D eigenvalue weighted by atomic mass is 10.1. The summed E-state index contributed by atoms with van der Waals surface area (Å²) in [5.41, 5.74) is 8.53. The van der Waals surface area contributed by atoms with Gasteiger partial charge in [0.2, 0.25) is 0 Å². The molecule has 0 radical (unpaired) electrons. The summed E-state index contributed by atoms with van der Waals surface area (Å²) in [4.78, 5) is 8.82. The molecular formula is C29H38N4O3S. The highest BCUT2D eigenvalue weighted by Crippen LogP contribution is 2.30. The monoisotopic (exact) mass is 522 g/mol. The Kier molecular flexibility index (Phi) is 10.2. The molecule has 1 fully saturated rings. The summed E-state index contributed by atoms with van der Waals surface area (Å²) < 4.78 is 11.7. The highest BCUT2D eigenvalue weighted by Gasteiger charge is 2.15. The fraction of sp³-hybridized carbons (Fsp3) is 0.448. The van der Waals surface area contributed by atoms with Crippen LogP contribution in [0, 0.1) is 6.92 Å². The van der Waals surface area contributed by atoms with E-state index in [1.54, 1.807) is 12.1 Å². The molecule has 8 heteroatoms. The van der Waals surface area contributed by atoms with Crippen molar-refractivity contribution in [1.82, 2.24) is 9.88 Å². The summed E-state index contributed by atoms with van der Waals surface area (Å²) in [6.45, 7) is 7.02. The molecule has 7 nitrogen and oxygen atoms in total. The Morgan fingerprint density at radius 1 is 0.946 bits per heavy atom. The van der Waals surface area contributed by atoms with Crippen LogP contribution in [-0.4, -0.2) is 53.8 Å². The molecule has 0 amide bonds. The first-order chi connectivity index (χ1) is 18.1. The molecule has 1 aliphatic rings. The first-order valence-corrected chi connectivity index (χ1v) is 14.1. The summed E-state index contributed by atoms with van der Waals surface area (Å²) in [6, 6.07) is 15.6. The molecule has 0 saturated carbocycles. The van der Waals surface area contributed by atoms with Gasteiger partial charge < -0.3 is 25.3 Å². The molecule has 0 bridgehead atoms. The van der Waals surface area contributed by atoms with Gasteiger partial charge in [-0.15, -0.1) is 11.3 Å². The van der Waals surface area contributed by atoms with Gasteiger partial charge in [0, 0.05) is 22.5 Å². The third-order valence-electron chi connectivity index (χ3n) is 6.62. The minimum atomic E-state index is 0.0902. The first kappa shape index (κ1) is 26.9. The topological polar surface area (TPSA) is 93.2 Å². The first-order valence-electron chi connectivity index (χ1n) is 13.2. The molecule has 0 atom stereocenters. The molecule has 2 heterocycles. The van der Waals surface area contributed by atoms with Gasteiger partial charge in [-0.05, 0) is 107 Å². The Labute approximate surface area is 223 Å². The number of oxime groups is 1. The van der Waals surface area contributed by atoms with Crippen LogP contribution in [0.5, 0.6) is 11.5 Å². The Morgan fingerprint density at radius 2 is 1.57 bits per heavy atom. The Bertz CT molecular complexity index is 1120. The number of ether oxygens (including phenoxy) is 2. The number of hydrogen-bond acceptors (Lipinski definition) is 7. The van der Waals surface area contributed by atoms with Crippen LogP contribution in [0.4, 0.5) is 0 Å². The number of benzene rings is 2. The lowest BCUT2D eigenvalue weighted by molar-refractivity contribution is 0.232. The summed E-state index contributed by atoms with van der Waals surface area (Å²) >= 11 is 1.83. The van der Waals surface area contributed by atoms with Gasteiger partial charge in [0.25, 0.3) is 0 Å². The van der Waals surface area contributed by atoms with Crippen LogP contribution in [0.3, 0.4) is 0 Å². The van der Waals surface area contributed by atoms with Crippen LogP contribution in [-0.2, 0) is 6.42 Å². The fourth-order valence-corrected chi connectivity index (χ4v) is 5.50. The number of unbranched alkanes of at least 4 members (excludes halogenated alkanes) is 2. The summed E-state index contributed by atoms with van der Waals surface area (Å²) in [7, 11) is 0. The molecule has 198 valence electrons. The van der Waals surface area contributed by atoms with Gasteiger partial charge in [-0.1, -0.05) is 11.6 Å². The minimum Gasteiger partial charge on any atom is -0.494 e. The number of piperidine rings is 1. The highest BCUT2D eigenvalue weighted by molar-refractivity contribution is 7.12. The van der Waals surface area contributed by atoms with Crippen molar-refractivity contribution in [3.05, 3.63) is 64.0 Å². The van der Waals surface area contributed by atoms with Crippen LogP contribution in [0.25, 0.3) is 11.3 Å². The van der Waals surface area contributed by atoms with Gasteiger partial charge >= 0.3 is 0 Å². The van der Waals surface area contributed by atoms with Crippen LogP contribution in [0.2, 0.25) is 0 Å². The number of thiazole rings is 1. The maximum absolute atomic E-state index is 8.72. The highest BCUT2D eigenvalue weighted by atomic mass is 32.1. The zero-order chi connectivity index (χ0) is 25.9. The number of aryl methyl sites for hydroxylation is 1. The van der Waals surface area contributed by atoms with Crippen molar-refractivity contribution < 1.29 is 14.7 Å². The van der Waals surface area contributed by atoms with Crippen molar-refractivity contribution in [2.45, 2.75) is 51.9 Å². The van der Waals surface area contributed by atoms with Gasteiger partial charge in [-0.25, -0.2) is 4.98 Å². The Balaban J connectivity index is 1.15. The summed E-state index contributed by atoms with van der Waals surface area (Å²) in [6.07, 6.45) is 8.06. The van der Waals surface area contributed by atoms with E-state index in [2.05, 4.69) is 41.2 Å². The van der Waals surface area contributed by atoms with E-state index < -0.39 is 0 Å². The zero-order valence-electron chi connectivity index (χ0n) is 21.7. The maximum atomic E-state index is 8.72. The van der Waals surface area contributed by atoms with Crippen LogP contribution >= 0.6 is 11.3 Å². The Morgan fingerprint density at radius 3 is 2.19 bits per heavy atom. The van der Waals surface area contributed by atoms with Crippen molar-refractivity contribution >= 4 is 17.2 Å². The van der Waals surface area contributed by atoms with E-state index in [4.69, 9.17) is 25.4 Å². The van der Waals surface area contributed by atoms with Gasteiger partial charge in [0.05, 0.1) is 23.9 Å². The molecule has 3 aromatic rings. The fourth-order valence-electron chi connectivity index (χ4n) is 4.56.